The van der Waals surface area contributed by atoms with E-state index in [1.54, 1.807) is 0 Å². The average Bonchev–Trinajstić information content (AvgIpc) is 2.54. The number of hydrogen-bond acceptors (Lipinski definition) is 3. The first-order valence-corrected chi connectivity index (χ1v) is 4.76. The van der Waals surface area contributed by atoms with Crippen molar-refractivity contribution in [1.29, 1.82) is 0 Å². The second-order valence-electron chi connectivity index (χ2n) is 4.21. The highest BCUT2D eigenvalue weighted by Crippen LogP contribution is 2.29. The zero-order valence-electron chi connectivity index (χ0n) is 8.63. The van der Waals surface area contributed by atoms with Gasteiger partial charge in [0, 0.05) is 6.61 Å². The van der Waals surface area contributed by atoms with Crippen LogP contribution in [0, 0.1) is 5.41 Å². The van der Waals surface area contributed by atoms with Gasteiger partial charge in [0.15, 0.2) is 0 Å². The van der Waals surface area contributed by atoms with E-state index in [0.29, 0.717) is 0 Å². The fraction of sp³-hybridized carbons (Fsp3) is 0.900. The summed E-state index contributed by atoms with van der Waals surface area (Å²) in [5.41, 5.74) is -0.413. The number of ether oxygens (including phenoxy) is 2. The maximum absolute atomic E-state index is 11.3. The van der Waals surface area contributed by atoms with Gasteiger partial charge in [-0.15, -0.1) is 0 Å². The van der Waals surface area contributed by atoms with Gasteiger partial charge in [-0.2, -0.15) is 0 Å². The molecule has 3 nitrogen and oxygen atoms in total. The fourth-order valence-electron chi connectivity index (χ4n) is 1.73. The standard InChI is InChI=1S/C10H18O3/c1-10(2,9(11)12-3)7-8-5-4-6-13-8/h8H,4-7H2,1-3H3/t8-/m0/s1. The van der Waals surface area contributed by atoms with Crippen LogP contribution < -0.4 is 0 Å². The van der Waals surface area contributed by atoms with Crippen molar-refractivity contribution in [2.24, 2.45) is 5.41 Å². The van der Waals surface area contributed by atoms with Crippen molar-refractivity contribution in [3.05, 3.63) is 0 Å². The second-order valence-corrected chi connectivity index (χ2v) is 4.21. The molecule has 0 bridgehead atoms. The predicted molar refractivity (Wildman–Crippen MR) is 49.4 cm³/mol. The Bertz CT molecular complexity index is 181. The van der Waals surface area contributed by atoms with Gasteiger partial charge >= 0.3 is 5.97 Å². The first-order chi connectivity index (χ1) is 6.06. The lowest BCUT2D eigenvalue weighted by Crippen LogP contribution is -2.30. The van der Waals surface area contributed by atoms with Gasteiger partial charge in [-0.05, 0) is 33.1 Å². The minimum Gasteiger partial charge on any atom is -0.469 e. The van der Waals surface area contributed by atoms with E-state index >= 15 is 0 Å². The maximum Gasteiger partial charge on any atom is 0.311 e. The Kier molecular flexibility index (Phi) is 3.31. The predicted octanol–water partition coefficient (Wildman–Crippen LogP) is 1.75. The van der Waals surface area contributed by atoms with Crippen LogP contribution in [0.5, 0.6) is 0 Å². The highest BCUT2D eigenvalue weighted by atomic mass is 16.5. The van der Waals surface area contributed by atoms with E-state index in [4.69, 9.17) is 9.47 Å². The van der Waals surface area contributed by atoms with Crippen molar-refractivity contribution in [3.63, 3.8) is 0 Å². The van der Waals surface area contributed by atoms with Gasteiger partial charge in [-0.1, -0.05) is 0 Å². The molecule has 0 aromatic carbocycles. The quantitative estimate of drug-likeness (QED) is 0.630. The fourth-order valence-corrected chi connectivity index (χ4v) is 1.73. The van der Waals surface area contributed by atoms with E-state index < -0.39 is 5.41 Å². The molecule has 0 spiro atoms. The molecule has 1 aliphatic rings. The van der Waals surface area contributed by atoms with Gasteiger partial charge in [0.25, 0.3) is 0 Å². The topological polar surface area (TPSA) is 35.5 Å². The van der Waals surface area contributed by atoms with Crippen molar-refractivity contribution in [2.75, 3.05) is 13.7 Å². The molecule has 13 heavy (non-hydrogen) atoms. The number of carbonyl (C=O) groups is 1. The Hall–Kier alpha value is -0.570. The molecule has 0 radical (unpaired) electrons. The molecule has 1 aliphatic heterocycles. The molecular weight excluding hydrogens is 168 g/mol. The van der Waals surface area contributed by atoms with Crippen LogP contribution in [0.25, 0.3) is 0 Å². The summed E-state index contributed by atoms with van der Waals surface area (Å²) in [5, 5.41) is 0. The van der Waals surface area contributed by atoms with E-state index in [1.807, 2.05) is 13.8 Å². The molecule has 1 saturated heterocycles. The van der Waals surface area contributed by atoms with E-state index in [0.717, 1.165) is 25.9 Å². The Labute approximate surface area is 79.4 Å². The minimum absolute atomic E-state index is 0.150. The van der Waals surface area contributed by atoms with Gasteiger partial charge in [0.05, 0.1) is 18.6 Å². The molecule has 1 rings (SSSR count). The van der Waals surface area contributed by atoms with Gasteiger partial charge in [-0.25, -0.2) is 0 Å². The summed E-state index contributed by atoms with van der Waals surface area (Å²) in [6.07, 6.45) is 3.19. The van der Waals surface area contributed by atoms with E-state index in [2.05, 4.69) is 0 Å². The lowest BCUT2D eigenvalue weighted by molar-refractivity contribution is -0.152. The van der Waals surface area contributed by atoms with Crippen LogP contribution in [0.2, 0.25) is 0 Å². The monoisotopic (exact) mass is 186 g/mol. The molecule has 1 heterocycles. The third-order valence-corrected chi connectivity index (χ3v) is 2.50. The van der Waals surface area contributed by atoms with Gasteiger partial charge in [-0.3, -0.25) is 4.79 Å². The van der Waals surface area contributed by atoms with Gasteiger partial charge in [0.2, 0.25) is 0 Å². The normalized spacial score (nSPS) is 23.2. The van der Waals surface area contributed by atoms with Crippen molar-refractivity contribution >= 4 is 5.97 Å². The zero-order valence-corrected chi connectivity index (χ0v) is 8.63. The zero-order chi connectivity index (χ0) is 9.90. The average molecular weight is 186 g/mol. The number of rotatable bonds is 3. The summed E-state index contributed by atoms with van der Waals surface area (Å²) in [6, 6.07) is 0. The SMILES string of the molecule is COC(=O)C(C)(C)C[C@@H]1CCCO1. The Balaban J connectivity index is 2.44. The van der Waals surface area contributed by atoms with Crippen LogP contribution in [0.3, 0.4) is 0 Å². The summed E-state index contributed by atoms with van der Waals surface area (Å²) in [4.78, 5) is 11.3. The molecule has 0 N–H and O–H groups in total. The van der Waals surface area contributed by atoms with Crippen molar-refractivity contribution in [1.82, 2.24) is 0 Å². The Morgan fingerprint density at radius 1 is 1.62 bits per heavy atom. The minimum atomic E-state index is -0.413. The summed E-state index contributed by atoms with van der Waals surface area (Å²) >= 11 is 0. The second kappa shape index (κ2) is 4.09. The van der Waals surface area contributed by atoms with E-state index in [9.17, 15) is 4.79 Å². The van der Waals surface area contributed by atoms with Gasteiger partial charge < -0.3 is 9.47 Å². The number of methoxy groups -OCH3 is 1. The van der Waals surface area contributed by atoms with Crippen LogP contribution in [0.4, 0.5) is 0 Å². The molecule has 0 amide bonds. The Morgan fingerprint density at radius 2 is 2.31 bits per heavy atom. The summed E-state index contributed by atoms with van der Waals surface area (Å²) in [6.45, 7) is 4.64. The molecule has 0 unspecified atom stereocenters. The lowest BCUT2D eigenvalue weighted by Gasteiger charge is -2.24. The van der Waals surface area contributed by atoms with Crippen LogP contribution in [0.15, 0.2) is 0 Å². The number of hydrogen-bond donors (Lipinski definition) is 0. The van der Waals surface area contributed by atoms with E-state index in [-0.39, 0.29) is 12.1 Å². The maximum atomic E-state index is 11.3. The first kappa shape index (κ1) is 10.5. The van der Waals surface area contributed by atoms with E-state index in [1.165, 1.54) is 7.11 Å². The molecule has 1 atom stereocenters. The molecular formula is C10H18O3. The number of carbonyl (C=O) groups excluding carboxylic acids is 1. The highest BCUT2D eigenvalue weighted by molar-refractivity contribution is 5.75. The van der Waals surface area contributed by atoms with Crippen LogP contribution >= 0.6 is 0 Å². The number of esters is 1. The van der Waals surface area contributed by atoms with Crippen molar-refractivity contribution in [2.45, 2.75) is 39.2 Å². The van der Waals surface area contributed by atoms with Crippen molar-refractivity contribution in [3.8, 4) is 0 Å². The van der Waals surface area contributed by atoms with Crippen LogP contribution in [-0.4, -0.2) is 25.8 Å². The summed E-state index contributed by atoms with van der Waals surface area (Å²) in [5.74, 6) is -0.150. The third-order valence-electron chi connectivity index (χ3n) is 2.50. The van der Waals surface area contributed by atoms with Crippen LogP contribution in [0.1, 0.15) is 33.1 Å². The third kappa shape index (κ3) is 2.69. The smallest absolute Gasteiger partial charge is 0.311 e. The first-order valence-electron chi connectivity index (χ1n) is 4.76. The van der Waals surface area contributed by atoms with Crippen LogP contribution in [-0.2, 0) is 14.3 Å². The summed E-state index contributed by atoms with van der Waals surface area (Å²) in [7, 11) is 1.43. The Morgan fingerprint density at radius 3 is 2.77 bits per heavy atom. The van der Waals surface area contributed by atoms with Crippen molar-refractivity contribution < 1.29 is 14.3 Å². The molecule has 0 aromatic heterocycles. The lowest BCUT2D eigenvalue weighted by atomic mass is 9.86. The molecule has 1 fully saturated rings. The molecule has 0 aliphatic carbocycles. The molecule has 76 valence electrons. The highest BCUT2D eigenvalue weighted by Gasteiger charge is 2.33. The van der Waals surface area contributed by atoms with Gasteiger partial charge in [0.1, 0.15) is 0 Å². The molecule has 0 aromatic rings. The molecule has 3 heteroatoms. The largest absolute Gasteiger partial charge is 0.469 e. The molecule has 0 saturated carbocycles. The summed E-state index contributed by atoms with van der Waals surface area (Å²) < 4.78 is 10.2.